The molecule has 312 valence electrons. The van der Waals surface area contributed by atoms with Crippen LogP contribution in [0.1, 0.15) is 49.4 Å². The molecule has 2 amide bonds. The van der Waals surface area contributed by atoms with Crippen LogP contribution < -0.4 is 20.7 Å². The van der Waals surface area contributed by atoms with Gasteiger partial charge in [0, 0.05) is 43.7 Å². The average Bonchev–Trinajstić information content (AvgIpc) is 3.86. The molecule has 1 N–H and O–H groups in total. The van der Waals surface area contributed by atoms with Crippen molar-refractivity contribution in [1.29, 1.82) is 0 Å². The van der Waals surface area contributed by atoms with Crippen molar-refractivity contribution in [2.45, 2.75) is 32.6 Å². The second-order valence-corrected chi connectivity index (χ2v) is 20.1. The van der Waals surface area contributed by atoms with Gasteiger partial charge in [-0.2, -0.15) is 0 Å². The van der Waals surface area contributed by atoms with Crippen molar-refractivity contribution in [3.05, 3.63) is 185 Å². The number of fused-ring (bicyclic) bond motifs is 2. The quantitative estimate of drug-likeness (QED) is 0.0846. The second kappa shape index (κ2) is 16.0. The van der Waals surface area contributed by atoms with Crippen LogP contribution in [0, 0.1) is 5.82 Å². The zero-order valence-electron chi connectivity index (χ0n) is 31.9. The van der Waals surface area contributed by atoms with Crippen LogP contribution in [0.4, 0.5) is 29.6 Å². The van der Waals surface area contributed by atoms with Gasteiger partial charge in [-0.25, -0.2) is 4.39 Å². The van der Waals surface area contributed by atoms with E-state index in [9.17, 15) is 44.3 Å². The molecular weight excluding hydrogens is 827 g/mol. The Morgan fingerprint density at radius 2 is 1.13 bits per heavy atom. The minimum atomic E-state index is -10.7. The van der Waals surface area contributed by atoms with Crippen LogP contribution in [0.2, 0.25) is 0 Å². The number of hydrogen-bond acceptors (Lipinski definition) is 4. The molecule has 15 heteroatoms. The Labute approximate surface area is 342 Å². The number of nitrogens with zero attached hydrogens (tertiary/aromatic N) is 2. The average molecular weight is 867 g/mol. The number of phenols is 1. The van der Waals surface area contributed by atoms with Crippen molar-refractivity contribution in [2.75, 3.05) is 12.8 Å². The molecular formula is C45H39F7N2O4P2. The van der Waals surface area contributed by atoms with Crippen LogP contribution in [-0.2, 0) is 26.2 Å². The molecule has 0 unspecified atom stereocenters. The zero-order chi connectivity index (χ0) is 42.8. The summed E-state index contributed by atoms with van der Waals surface area (Å²) in [6.07, 6.45) is 1.80. The summed E-state index contributed by atoms with van der Waals surface area (Å²) in [7, 11) is -12.6. The molecule has 2 heterocycles. The van der Waals surface area contributed by atoms with Crippen molar-refractivity contribution in [3.63, 3.8) is 0 Å². The van der Waals surface area contributed by atoms with Crippen LogP contribution in [0.3, 0.4) is 0 Å². The third-order valence-electron chi connectivity index (χ3n) is 10.4. The normalized spacial score (nSPS) is 14.6. The van der Waals surface area contributed by atoms with Gasteiger partial charge in [0.15, 0.2) is 0 Å². The summed E-state index contributed by atoms with van der Waals surface area (Å²) in [5.74, 6) is -0.465. The minimum Gasteiger partial charge on any atom is -0.507 e. The number of aromatic hydroxyl groups is 1. The Kier molecular flexibility index (Phi) is 11.3. The number of benzene rings is 6. The summed E-state index contributed by atoms with van der Waals surface area (Å²) in [4.78, 5) is 30.4. The summed E-state index contributed by atoms with van der Waals surface area (Å²) in [6, 6.07) is 47.6. The van der Waals surface area contributed by atoms with Gasteiger partial charge < -0.3 is 19.6 Å². The smallest absolute Gasteiger partial charge is 0.258 e. The number of amides is 2. The van der Waals surface area contributed by atoms with E-state index in [1.54, 1.807) is 15.9 Å². The van der Waals surface area contributed by atoms with E-state index in [0.717, 1.165) is 35.0 Å². The van der Waals surface area contributed by atoms with Crippen LogP contribution in [-0.4, -0.2) is 39.5 Å². The van der Waals surface area contributed by atoms with Crippen molar-refractivity contribution in [1.82, 2.24) is 9.80 Å². The molecule has 0 aliphatic carbocycles. The number of rotatable bonds is 10. The number of carbonyl (C=O) groups is 2. The number of ether oxygens (including phenoxy) is 1. The Morgan fingerprint density at radius 3 is 1.70 bits per heavy atom. The monoisotopic (exact) mass is 866 g/mol. The van der Waals surface area contributed by atoms with Gasteiger partial charge in [0.05, 0.1) is 18.3 Å². The Morgan fingerprint density at radius 1 is 0.600 bits per heavy atom. The van der Waals surface area contributed by atoms with Crippen molar-refractivity contribution in [3.8, 4) is 11.5 Å². The Hall–Kier alpha value is -5.77. The van der Waals surface area contributed by atoms with E-state index in [0.29, 0.717) is 25.3 Å². The molecule has 60 heavy (non-hydrogen) atoms. The number of phenolic OH excluding ortho intramolecular Hbond substituents is 1. The van der Waals surface area contributed by atoms with E-state index in [-0.39, 0.29) is 47.6 Å². The maximum atomic E-state index is 14.3. The number of halogens is 7. The van der Waals surface area contributed by atoms with Crippen LogP contribution in [0.25, 0.3) is 0 Å². The maximum absolute atomic E-state index is 14.3. The first-order valence-corrected chi connectivity index (χ1v) is 22.9. The topological polar surface area (TPSA) is 70.1 Å². The molecule has 0 spiro atoms. The van der Waals surface area contributed by atoms with Gasteiger partial charge in [0.1, 0.15) is 40.5 Å². The van der Waals surface area contributed by atoms with E-state index in [2.05, 4.69) is 91.0 Å². The first kappa shape index (κ1) is 42.4. The molecule has 0 atom stereocenters. The van der Waals surface area contributed by atoms with Gasteiger partial charge in [-0.3, -0.25) is 9.59 Å². The first-order chi connectivity index (χ1) is 28.4. The minimum absolute atomic E-state index is 0.0603. The van der Waals surface area contributed by atoms with Crippen molar-refractivity contribution < 1.29 is 49.0 Å². The molecule has 2 aliphatic rings. The summed E-state index contributed by atoms with van der Waals surface area (Å²) in [6.45, 7) is 1.72. The van der Waals surface area contributed by atoms with E-state index in [4.69, 9.17) is 4.74 Å². The maximum Gasteiger partial charge on any atom is 0.258 e. The van der Waals surface area contributed by atoms with Crippen LogP contribution in [0.15, 0.2) is 146 Å². The molecule has 0 fully saturated rings. The predicted molar refractivity (Wildman–Crippen MR) is 222 cm³/mol. The molecule has 0 saturated heterocycles. The Balaban J connectivity index is 0.000000716. The third kappa shape index (κ3) is 10.1. The molecule has 6 nitrogen and oxygen atoms in total. The predicted octanol–water partition coefficient (Wildman–Crippen LogP) is 11.0. The van der Waals surface area contributed by atoms with E-state index in [1.165, 1.54) is 40.2 Å². The fourth-order valence-electron chi connectivity index (χ4n) is 7.70. The third-order valence-corrected chi connectivity index (χ3v) is 14.9. The van der Waals surface area contributed by atoms with Crippen molar-refractivity contribution >= 4 is 42.8 Å². The molecule has 6 aromatic carbocycles. The first-order valence-electron chi connectivity index (χ1n) is 18.9. The van der Waals surface area contributed by atoms with E-state index >= 15 is 0 Å². The van der Waals surface area contributed by atoms with Gasteiger partial charge in [-0.05, 0) is 89.5 Å². The van der Waals surface area contributed by atoms with E-state index in [1.807, 2.05) is 24.3 Å². The molecule has 0 bridgehead atoms. The summed E-state index contributed by atoms with van der Waals surface area (Å²) < 4.78 is 79.9. The van der Waals surface area contributed by atoms with E-state index < -0.39 is 15.1 Å². The Bertz CT molecular complexity index is 2420. The van der Waals surface area contributed by atoms with Gasteiger partial charge in [-0.1, -0.05) is 72.8 Å². The van der Waals surface area contributed by atoms with Crippen LogP contribution >= 0.6 is 15.1 Å². The van der Waals surface area contributed by atoms with Gasteiger partial charge in [0.2, 0.25) is 0 Å². The SMILES string of the molecule is F[P-](F)(F)(F)(F)F.O=C(c1ccc(O)c(C(=O)N2Cc3ccc(OCCC[P+](c4ccccc4)(c4ccccc4)c4ccccc4)cc3C2)c1)N1Cc2cccc(F)c2C1. The van der Waals surface area contributed by atoms with Gasteiger partial charge >= 0.3 is 33.0 Å². The number of carbonyl (C=O) groups excluding carboxylic acids is 2. The van der Waals surface area contributed by atoms with Gasteiger partial charge in [0.25, 0.3) is 11.8 Å². The zero-order valence-corrected chi connectivity index (χ0v) is 33.7. The molecule has 0 aromatic heterocycles. The molecule has 6 aromatic rings. The van der Waals surface area contributed by atoms with Gasteiger partial charge in [-0.15, -0.1) is 0 Å². The largest absolute Gasteiger partial charge is 0.507 e. The molecule has 2 aliphatic heterocycles. The second-order valence-electron chi connectivity index (χ2n) is 14.6. The molecule has 0 radical (unpaired) electrons. The molecule has 8 rings (SSSR count). The summed E-state index contributed by atoms with van der Waals surface area (Å²) in [5.41, 5.74) is 3.61. The summed E-state index contributed by atoms with van der Waals surface area (Å²) >= 11 is 0. The summed E-state index contributed by atoms with van der Waals surface area (Å²) in [5, 5.41) is 14.7. The standard InChI is InChI=1S/C45H38FN2O4P.F6P/c46-42-19-10-12-34-29-48(31-41(34)42)44(50)32-21-23-43(49)40(27-32)45(51)47-28-33-20-22-36(26-35(33)30-47)52-24-11-25-53(37-13-4-1-5-14-37,38-15-6-2-7-16-38)39-17-8-3-9-18-39;1-7(2,3,4,5)6/h1-10,12-23,26-27H,11,24-25,28-31H2;/q;-1/p+1. The molecule has 0 saturated carbocycles. The fraction of sp³-hybridized carbons (Fsp3) is 0.156. The fourth-order valence-corrected chi connectivity index (χ4v) is 12.0. The number of hydrogen-bond donors (Lipinski definition) is 1. The van der Waals surface area contributed by atoms with Crippen LogP contribution in [0.5, 0.6) is 11.5 Å². The van der Waals surface area contributed by atoms with Crippen molar-refractivity contribution in [2.24, 2.45) is 0 Å².